The van der Waals surface area contributed by atoms with Crippen LogP contribution in [0.3, 0.4) is 0 Å². The number of hydrogen-bond donors (Lipinski definition) is 1. The summed E-state index contributed by atoms with van der Waals surface area (Å²) in [6.45, 7) is 2.23. The van der Waals surface area contributed by atoms with Gasteiger partial charge in [-0.05, 0) is 30.9 Å². The van der Waals surface area contributed by atoms with Crippen molar-refractivity contribution in [2.75, 3.05) is 11.1 Å². The summed E-state index contributed by atoms with van der Waals surface area (Å²) in [4.78, 5) is 0.683. The van der Waals surface area contributed by atoms with E-state index in [-0.39, 0.29) is 0 Å². The smallest absolute Gasteiger partial charge is 0.381 e. The Labute approximate surface area is 122 Å². The zero-order valence-electron chi connectivity index (χ0n) is 11.5. The number of benzene rings is 1. The van der Waals surface area contributed by atoms with Gasteiger partial charge < -0.3 is 5.32 Å². The molecule has 1 aromatic carbocycles. The van der Waals surface area contributed by atoms with Gasteiger partial charge in [-0.15, -0.1) is 11.8 Å². The quantitative estimate of drug-likeness (QED) is 0.754. The fourth-order valence-electron chi connectivity index (χ4n) is 2.66. The third kappa shape index (κ3) is 4.93. The van der Waals surface area contributed by atoms with Crippen LogP contribution in [0.4, 0.5) is 18.9 Å². The molecule has 0 aromatic heterocycles. The number of hydrogen-bond acceptors (Lipinski definition) is 2. The molecule has 1 aromatic rings. The molecular weight excluding hydrogens is 283 g/mol. The summed E-state index contributed by atoms with van der Waals surface area (Å²) in [5, 5.41) is 3.43. The molecule has 5 heteroatoms. The lowest BCUT2D eigenvalue weighted by Crippen LogP contribution is -2.26. The zero-order chi connectivity index (χ0) is 14.6. The largest absolute Gasteiger partial charge is 0.398 e. The van der Waals surface area contributed by atoms with Crippen molar-refractivity contribution >= 4 is 17.4 Å². The van der Waals surface area contributed by atoms with E-state index in [1.165, 1.54) is 12.8 Å². The number of nitrogens with one attached hydrogen (secondary N) is 1. The molecule has 0 radical (unpaired) electrons. The maximum Gasteiger partial charge on any atom is 0.398 e. The van der Waals surface area contributed by atoms with Crippen molar-refractivity contribution < 1.29 is 13.2 Å². The van der Waals surface area contributed by atoms with Gasteiger partial charge in [0.05, 0.1) is 5.75 Å². The molecule has 112 valence electrons. The van der Waals surface area contributed by atoms with Gasteiger partial charge in [0, 0.05) is 16.6 Å². The van der Waals surface area contributed by atoms with Gasteiger partial charge in [-0.1, -0.05) is 31.9 Å². The molecule has 20 heavy (non-hydrogen) atoms. The average Bonchev–Trinajstić information content (AvgIpc) is 2.37. The molecule has 1 nitrogen and oxygen atoms in total. The Hall–Kier alpha value is -0.840. The Morgan fingerprint density at radius 1 is 1.25 bits per heavy atom. The molecule has 0 spiro atoms. The molecule has 2 unspecified atom stereocenters. The van der Waals surface area contributed by atoms with Crippen molar-refractivity contribution in [2.24, 2.45) is 5.92 Å². The molecule has 1 aliphatic carbocycles. The van der Waals surface area contributed by atoms with Crippen LogP contribution in [0.25, 0.3) is 0 Å². The number of para-hydroxylation sites is 1. The zero-order valence-corrected chi connectivity index (χ0v) is 12.4. The summed E-state index contributed by atoms with van der Waals surface area (Å²) in [5.74, 6) is -0.150. The molecule has 2 atom stereocenters. The predicted molar refractivity (Wildman–Crippen MR) is 78.3 cm³/mol. The minimum atomic E-state index is -4.13. The second-order valence-electron chi connectivity index (χ2n) is 5.51. The van der Waals surface area contributed by atoms with Gasteiger partial charge in [0.2, 0.25) is 0 Å². The lowest BCUT2D eigenvalue weighted by molar-refractivity contribution is -0.105. The first-order chi connectivity index (χ1) is 9.44. The summed E-state index contributed by atoms with van der Waals surface area (Å²) in [7, 11) is 0. The lowest BCUT2D eigenvalue weighted by atomic mass is 9.87. The highest BCUT2D eigenvalue weighted by molar-refractivity contribution is 7.99. The minimum Gasteiger partial charge on any atom is -0.381 e. The van der Waals surface area contributed by atoms with Crippen LogP contribution in [0.2, 0.25) is 0 Å². The molecule has 0 heterocycles. The summed E-state index contributed by atoms with van der Waals surface area (Å²) < 4.78 is 37.0. The predicted octanol–water partition coefficient (Wildman–Crippen LogP) is 5.33. The SMILES string of the molecule is CC1CCCC(Nc2ccccc2SCC(F)(F)F)C1. The lowest BCUT2D eigenvalue weighted by Gasteiger charge is -2.29. The van der Waals surface area contributed by atoms with E-state index in [1.807, 2.05) is 12.1 Å². The van der Waals surface area contributed by atoms with Gasteiger partial charge in [-0.25, -0.2) is 0 Å². The highest BCUT2D eigenvalue weighted by atomic mass is 32.2. The molecule has 0 aliphatic heterocycles. The number of thioether (sulfide) groups is 1. The van der Waals surface area contributed by atoms with E-state index < -0.39 is 11.9 Å². The summed E-state index contributed by atoms with van der Waals surface area (Å²) in [6.07, 6.45) is 0.511. The number of anilines is 1. The molecule has 0 amide bonds. The average molecular weight is 303 g/mol. The van der Waals surface area contributed by atoms with Crippen molar-refractivity contribution in [3.8, 4) is 0 Å². The third-order valence-corrected chi connectivity index (χ3v) is 4.71. The van der Waals surface area contributed by atoms with E-state index in [4.69, 9.17) is 0 Å². The second kappa shape index (κ2) is 6.74. The summed E-state index contributed by atoms with van der Waals surface area (Å²) >= 11 is 0.856. The van der Waals surface area contributed by atoms with Crippen molar-refractivity contribution in [2.45, 2.75) is 49.7 Å². The first-order valence-electron chi connectivity index (χ1n) is 6.99. The molecule has 0 saturated heterocycles. The maximum absolute atomic E-state index is 12.3. The molecular formula is C15H20F3NS. The molecule has 2 rings (SSSR count). The van der Waals surface area contributed by atoms with Crippen LogP contribution in [0.15, 0.2) is 29.2 Å². The fraction of sp³-hybridized carbons (Fsp3) is 0.600. The molecule has 1 saturated carbocycles. The number of rotatable bonds is 4. The number of halogens is 3. The van der Waals surface area contributed by atoms with Crippen molar-refractivity contribution in [1.82, 2.24) is 0 Å². The molecule has 0 bridgehead atoms. The van der Waals surface area contributed by atoms with E-state index in [0.717, 1.165) is 30.3 Å². The van der Waals surface area contributed by atoms with E-state index in [1.54, 1.807) is 12.1 Å². The second-order valence-corrected chi connectivity index (χ2v) is 6.53. The summed E-state index contributed by atoms with van der Waals surface area (Å²) in [6, 6.07) is 7.66. The first kappa shape index (κ1) is 15.5. The Morgan fingerprint density at radius 2 is 2.00 bits per heavy atom. The number of alkyl halides is 3. The van der Waals surface area contributed by atoms with Crippen LogP contribution >= 0.6 is 11.8 Å². The highest BCUT2D eigenvalue weighted by Crippen LogP contribution is 2.34. The Bertz CT molecular complexity index is 433. The molecule has 1 fully saturated rings. The van der Waals surface area contributed by atoms with Crippen molar-refractivity contribution in [3.63, 3.8) is 0 Å². The van der Waals surface area contributed by atoms with E-state index in [0.29, 0.717) is 16.9 Å². The maximum atomic E-state index is 12.3. The molecule has 1 aliphatic rings. The normalized spacial score (nSPS) is 23.6. The van der Waals surface area contributed by atoms with Gasteiger partial charge in [0.1, 0.15) is 0 Å². The van der Waals surface area contributed by atoms with Crippen molar-refractivity contribution in [1.29, 1.82) is 0 Å². The van der Waals surface area contributed by atoms with E-state index >= 15 is 0 Å². The van der Waals surface area contributed by atoms with Gasteiger partial charge >= 0.3 is 6.18 Å². The van der Waals surface area contributed by atoms with E-state index in [2.05, 4.69) is 12.2 Å². The monoisotopic (exact) mass is 303 g/mol. The minimum absolute atomic E-state index is 0.381. The third-order valence-electron chi connectivity index (χ3n) is 3.57. The highest BCUT2D eigenvalue weighted by Gasteiger charge is 2.28. The standard InChI is InChI=1S/C15H20F3NS/c1-11-5-4-6-12(9-11)19-13-7-2-3-8-14(13)20-10-15(16,17)18/h2-3,7-8,11-12,19H,4-6,9-10H2,1H3. The van der Waals surface area contributed by atoms with Gasteiger partial charge in [0.15, 0.2) is 0 Å². The van der Waals surface area contributed by atoms with Crippen LogP contribution in [0, 0.1) is 5.92 Å². The van der Waals surface area contributed by atoms with Gasteiger partial charge in [0.25, 0.3) is 0 Å². The van der Waals surface area contributed by atoms with E-state index in [9.17, 15) is 13.2 Å². The van der Waals surface area contributed by atoms with Crippen LogP contribution in [-0.2, 0) is 0 Å². The summed E-state index contributed by atoms with van der Waals surface area (Å²) in [5.41, 5.74) is 0.834. The fourth-order valence-corrected chi connectivity index (χ4v) is 3.43. The Kier molecular flexibility index (Phi) is 5.24. The van der Waals surface area contributed by atoms with Crippen LogP contribution in [0.5, 0.6) is 0 Å². The Balaban J connectivity index is 2.00. The van der Waals surface area contributed by atoms with Crippen LogP contribution < -0.4 is 5.32 Å². The van der Waals surface area contributed by atoms with Gasteiger partial charge in [-0.3, -0.25) is 0 Å². The van der Waals surface area contributed by atoms with Gasteiger partial charge in [-0.2, -0.15) is 13.2 Å². The topological polar surface area (TPSA) is 12.0 Å². The van der Waals surface area contributed by atoms with Crippen LogP contribution in [0.1, 0.15) is 32.6 Å². The first-order valence-corrected chi connectivity index (χ1v) is 7.98. The van der Waals surface area contributed by atoms with Crippen molar-refractivity contribution in [3.05, 3.63) is 24.3 Å². The Morgan fingerprint density at radius 3 is 2.70 bits per heavy atom. The molecule has 1 N–H and O–H groups in total. The van der Waals surface area contributed by atoms with Crippen LogP contribution in [-0.4, -0.2) is 18.0 Å².